The number of pyridine rings is 1. The maximum atomic E-state index is 12.6. The highest BCUT2D eigenvalue weighted by Crippen LogP contribution is 2.32. The van der Waals surface area contributed by atoms with Crippen LogP contribution in [0.4, 0.5) is 19.0 Å². The van der Waals surface area contributed by atoms with Crippen LogP contribution in [0.25, 0.3) is 0 Å². The first kappa shape index (κ1) is 19.0. The van der Waals surface area contributed by atoms with Crippen molar-refractivity contribution in [2.75, 3.05) is 24.5 Å². The van der Waals surface area contributed by atoms with E-state index >= 15 is 0 Å². The number of hydrogen-bond acceptors (Lipinski definition) is 4. The van der Waals surface area contributed by atoms with Gasteiger partial charge in [-0.05, 0) is 37.8 Å². The lowest BCUT2D eigenvalue weighted by Crippen LogP contribution is -2.45. The SMILES string of the molecule is O=C(NC1CC(=O)N(C2CC2)C1)C1CCN(c2ccc(C(F)(F)F)cn2)CC1. The molecule has 1 aromatic rings. The van der Waals surface area contributed by atoms with Crippen LogP contribution in [0.15, 0.2) is 18.3 Å². The number of nitrogens with zero attached hydrogens (tertiary/aromatic N) is 3. The number of rotatable bonds is 4. The topological polar surface area (TPSA) is 65.5 Å². The third-order valence-electron chi connectivity index (χ3n) is 5.76. The molecule has 0 bridgehead atoms. The molecule has 2 amide bonds. The van der Waals surface area contributed by atoms with E-state index in [0.717, 1.165) is 25.1 Å². The summed E-state index contributed by atoms with van der Waals surface area (Å²) >= 11 is 0. The van der Waals surface area contributed by atoms with E-state index in [-0.39, 0.29) is 23.8 Å². The second-order valence-corrected chi connectivity index (χ2v) is 7.85. The number of nitrogens with one attached hydrogen (secondary N) is 1. The van der Waals surface area contributed by atoms with Crippen LogP contribution in [0, 0.1) is 5.92 Å². The molecule has 1 unspecified atom stereocenters. The molecular weight excluding hydrogens is 373 g/mol. The van der Waals surface area contributed by atoms with Crippen molar-refractivity contribution < 1.29 is 22.8 Å². The second kappa shape index (κ2) is 7.25. The van der Waals surface area contributed by atoms with Gasteiger partial charge in [-0.15, -0.1) is 0 Å². The van der Waals surface area contributed by atoms with Gasteiger partial charge in [0, 0.05) is 44.2 Å². The van der Waals surface area contributed by atoms with E-state index in [0.29, 0.717) is 50.8 Å². The molecular formula is C19H23F3N4O2. The van der Waals surface area contributed by atoms with Gasteiger partial charge in [0.05, 0.1) is 11.6 Å². The van der Waals surface area contributed by atoms with Crippen LogP contribution in [0.1, 0.15) is 37.7 Å². The van der Waals surface area contributed by atoms with Crippen molar-refractivity contribution in [1.29, 1.82) is 0 Å². The summed E-state index contributed by atoms with van der Waals surface area (Å²) in [6, 6.07) is 2.66. The van der Waals surface area contributed by atoms with Gasteiger partial charge in [0.25, 0.3) is 0 Å². The summed E-state index contributed by atoms with van der Waals surface area (Å²) in [7, 11) is 0. The molecule has 1 saturated carbocycles. The van der Waals surface area contributed by atoms with E-state index < -0.39 is 11.7 Å². The highest BCUT2D eigenvalue weighted by Gasteiger charge is 2.40. The van der Waals surface area contributed by atoms with Crippen LogP contribution < -0.4 is 10.2 Å². The summed E-state index contributed by atoms with van der Waals surface area (Å²) in [6.45, 7) is 1.73. The minimum atomic E-state index is -4.40. The molecule has 1 aromatic heterocycles. The lowest BCUT2D eigenvalue weighted by molar-refractivity contribution is -0.138. The molecule has 2 saturated heterocycles. The number of carbonyl (C=O) groups excluding carboxylic acids is 2. The molecule has 152 valence electrons. The molecule has 1 atom stereocenters. The van der Waals surface area contributed by atoms with Crippen molar-refractivity contribution in [3.8, 4) is 0 Å². The smallest absolute Gasteiger partial charge is 0.357 e. The fraction of sp³-hybridized carbons (Fsp3) is 0.632. The minimum absolute atomic E-state index is 0.0320. The normalized spacial score (nSPS) is 24.0. The van der Waals surface area contributed by atoms with Gasteiger partial charge in [-0.3, -0.25) is 9.59 Å². The molecule has 3 fully saturated rings. The Morgan fingerprint density at radius 1 is 1.14 bits per heavy atom. The Kier molecular flexibility index (Phi) is 4.93. The summed E-state index contributed by atoms with van der Waals surface area (Å²) in [5.74, 6) is 0.440. The van der Waals surface area contributed by atoms with Crippen molar-refractivity contribution in [3.05, 3.63) is 23.9 Å². The summed E-state index contributed by atoms with van der Waals surface area (Å²) in [5, 5.41) is 3.01. The third kappa shape index (κ3) is 4.07. The Morgan fingerprint density at radius 3 is 2.43 bits per heavy atom. The van der Waals surface area contributed by atoms with E-state index in [1.165, 1.54) is 6.07 Å². The van der Waals surface area contributed by atoms with Gasteiger partial charge in [0.1, 0.15) is 5.82 Å². The first-order valence-corrected chi connectivity index (χ1v) is 9.69. The first-order valence-electron chi connectivity index (χ1n) is 9.69. The largest absolute Gasteiger partial charge is 0.417 e. The van der Waals surface area contributed by atoms with Crippen LogP contribution in [0.2, 0.25) is 0 Å². The monoisotopic (exact) mass is 396 g/mol. The van der Waals surface area contributed by atoms with Crippen LogP contribution in [-0.4, -0.2) is 53.4 Å². The van der Waals surface area contributed by atoms with Crippen molar-refractivity contribution >= 4 is 17.6 Å². The predicted molar refractivity (Wildman–Crippen MR) is 95.5 cm³/mol. The zero-order valence-electron chi connectivity index (χ0n) is 15.4. The van der Waals surface area contributed by atoms with E-state index in [1.54, 1.807) is 0 Å². The lowest BCUT2D eigenvalue weighted by Gasteiger charge is -2.32. The molecule has 0 radical (unpaired) electrons. The number of alkyl halides is 3. The van der Waals surface area contributed by atoms with E-state index in [9.17, 15) is 22.8 Å². The molecule has 3 aliphatic rings. The van der Waals surface area contributed by atoms with E-state index in [1.807, 2.05) is 9.80 Å². The summed E-state index contributed by atoms with van der Waals surface area (Å²) in [5.41, 5.74) is -0.767. The number of hydrogen-bond donors (Lipinski definition) is 1. The number of aromatic nitrogens is 1. The fourth-order valence-corrected chi connectivity index (χ4v) is 4.00. The Morgan fingerprint density at radius 2 is 1.86 bits per heavy atom. The van der Waals surface area contributed by atoms with Crippen LogP contribution in [-0.2, 0) is 15.8 Å². The number of anilines is 1. The maximum Gasteiger partial charge on any atom is 0.417 e. The second-order valence-electron chi connectivity index (χ2n) is 7.85. The molecule has 0 spiro atoms. The zero-order chi connectivity index (χ0) is 19.9. The minimum Gasteiger partial charge on any atom is -0.357 e. The summed E-state index contributed by atoms with van der Waals surface area (Å²) in [4.78, 5) is 32.3. The molecule has 1 N–H and O–H groups in total. The van der Waals surface area contributed by atoms with Gasteiger partial charge in [-0.2, -0.15) is 13.2 Å². The standard InChI is InChI=1S/C19H23F3N4O2/c20-19(21,22)13-1-4-16(23-10-13)25-7-5-12(6-8-25)18(28)24-14-9-17(27)26(11-14)15-2-3-15/h1,4,10,12,14-15H,2-3,5-9,11H2,(H,24,28). The zero-order valence-corrected chi connectivity index (χ0v) is 15.4. The predicted octanol–water partition coefficient (Wildman–Crippen LogP) is 2.20. The molecule has 9 heteroatoms. The molecule has 28 heavy (non-hydrogen) atoms. The Labute approximate surface area is 161 Å². The highest BCUT2D eigenvalue weighted by atomic mass is 19.4. The third-order valence-corrected chi connectivity index (χ3v) is 5.76. The van der Waals surface area contributed by atoms with Gasteiger partial charge in [0.2, 0.25) is 11.8 Å². The molecule has 0 aromatic carbocycles. The van der Waals surface area contributed by atoms with Crippen LogP contribution in [0.5, 0.6) is 0 Å². The summed E-state index contributed by atoms with van der Waals surface area (Å²) in [6.07, 6.45) is 0.162. The number of piperidine rings is 1. The molecule has 2 aliphatic heterocycles. The highest BCUT2D eigenvalue weighted by molar-refractivity contribution is 5.83. The van der Waals surface area contributed by atoms with Crippen molar-refractivity contribution in [3.63, 3.8) is 0 Å². The average molecular weight is 396 g/mol. The molecule has 1 aliphatic carbocycles. The van der Waals surface area contributed by atoms with Crippen molar-refractivity contribution in [1.82, 2.24) is 15.2 Å². The van der Waals surface area contributed by atoms with Gasteiger partial charge in [0.15, 0.2) is 0 Å². The number of halogens is 3. The van der Waals surface area contributed by atoms with E-state index in [4.69, 9.17) is 0 Å². The number of likely N-dealkylation sites (tertiary alicyclic amines) is 1. The summed E-state index contributed by atoms with van der Waals surface area (Å²) < 4.78 is 37.9. The van der Waals surface area contributed by atoms with Gasteiger partial charge in [-0.1, -0.05) is 0 Å². The Hall–Kier alpha value is -2.32. The van der Waals surface area contributed by atoms with Crippen molar-refractivity contribution in [2.24, 2.45) is 5.92 Å². The van der Waals surface area contributed by atoms with Gasteiger partial charge < -0.3 is 15.1 Å². The maximum absolute atomic E-state index is 12.6. The fourth-order valence-electron chi connectivity index (χ4n) is 4.00. The van der Waals surface area contributed by atoms with Crippen LogP contribution >= 0.6 is 0 Å². The lowest BCUT2D eigenvalue weighted by atomic mass is 9.95. The van der Waals surface area contributed by atoms with Gasteiger partial charge in [-0.25, -0.2) is 4.98 Å². The van der Waals surface area contributed by atoms with Gasteiger partial charge >= 0.3 is 6.18 Å². The molecule has 6 nitrogen and oxygen atoms in total. The van der Waals surface area contributed by atoms with Crippen LogP contribution in [0.3, 0.4) is 0 Å². The molecule has 4 rings (SSSR count). The number of carbonyl (C=O) groups is 2. The number of amides is 2. The Bertz CT molecular complexity index is 741. The van der Waals surface area contributed by atoms with E-state index in [2.05, 4.69) is 10.3 Å². The van der Waals surface area contributed by atoms with Crippen molar-refractivity contribution in [2.45, 2.75) is 50.4 Å². The first-order chi connectivity index (χ1) is 13.3. The molecule has 3 heterocycles. The average Bonchev–Trinajstić information content (AvgIpc) is 3.44. The quantitative estimate of drug-likeness (QED) is 0.848. The Balaban J connectivity index is 1.27.